The highest BCUT2D eigenvalue weighted by atomic mass is 16.4. The van der Waals surface area contributed by atoms with E-state index >= 15 is 0 Å². The molecule has 0 spiro atoms. The molecule has 1 fully saturated rings. The molecule has 5 nitrogen and oxygen atoms in total. The number of carboxylic acids is 1. The van der Waals surface area contributed by atoms with Gasteiger partial charge in [-0.25, -0.2) is 4.98 Å². The van der Waals surface area contributed by atoms with Crippen LogP contribution in [0.2, 0.25) is 0 Å². The lowest BCUT2D eigenvalue weighted by molar-refractivity contribution is -0.141. The summed E-state index contributed by atoms with van der Waals surface area (Å²) in [5, 5.41) is 8.98. The Bertz CT molecular complexity index is 373. The van der Waals surface area contributed by atoms with Crippen LogP contribution in [0, 0.1) is 5.92 Å². The number of aliphatic carboxylic acids is 1. The van der Waals surface area contributed by atoms with Crippen molar-refractivity contribution in [3.63, 3.8) is 0 Å². The molecule has 0 amide bonds. The maximum Gasteiger partial charge on any atom is 0.307 e. The zero-order valence-electron chi connectivity index (χ0n) is 8.31. The number of aromatic nitrogens is 2. The first-order chi connectivity index (χ1) is 7.24. The van der Waals surface area contributed by atoms with E-state index in [1.165, 1.54) is 0 Å². The van der Waals surface area contributed by atoms with Gasteiger partial charge in [-0.15, -0.1) is 0 Å². The summed E-state index contributed by atoms with van der Waals surface area (Å²) in [6, 6.07) is 0.377. The van der Waals surface area contributed by atoms with Gasteiger partial charge < -0.3 is 10.1 Å². The molecule has 2 aliphatic heterocycles. The lowest BCUT2D eigenvalue weighted by Crippen LogP contribution is -2.35. The summed E-state index contributed by atoms with van der Waals surface area (Å²) in [6.45, 7) is 1.50. The van der Waals surface area contributed by atoms with Gasteiger partial charge in [-0.3, -0.25) is 9.69 Å². The second kappa shape index (κ2) is 3.06. The summed E-state index contributed by atoms with van der Waals surface area (Å²) >= 11 is 0. The van der Waals surface area contributed by atoms with Crippen LogP contribution in [0.15, 0.2) is 6.33 Å². The quantitative estimate of drug-likeness (QED) is 0.692. The minimum Gasteiger partial charge on any atom is -0.481 e. The summed E-state index contributed by atoms with van der Waals surface area (Å²) in [6.07, 6.45) is 3.38. The van der Waals surface area contributed by atoms with E-state index in [9.17, 15) is 4.79 Å². The first-order valence-corrected chi connectivity index (χ1v) is 5.22. The molecule has 0 radical (unpaired) electrons. The van der Waals surface area contributed by atoms with Gasteiger partial charge in [-0.2, -0.15) is 0 Å². The van der Waals surface area contributed by atoms with Gasteiger partial charge in [0, 0.05) is 25.6 Å². The number of hydrogen-bond acceptors (Lipinski definition) is 3. The van der Waals surface area contributed by atoms with Gasteiger partial charge in [0.1, 0.15) is 0 Å². The summed E-state index contributed by atoms with van der Waals surface area (Å²) in [5.41, 5.74) is 2.26. The molecule has 0 aromatic carbocycles. The number of fused-ring (bicyclic) bond motifs is 2. The highest BCUT2D eigenvalue weighted by molar-refractivity contribution is 5.70. The van der Waals surface area contributed by atoms with Gasteiger partial charge in [0.25, 0.3) is 0 Å². The van der Waals surface area contributed by atoms with Gasteiger partial charge in [0.2, 0.25) is 0 Å². The summed E-state index contributed by atoms with van der Waals surface area (Å²) in [5.74, 6) is -0.861. The Kier molecular flexibility index (Phi) is 1.82. The second-order valence-corrected chi connectivity index (χ2v) is 4.39. The van der Waals surface area contributed by atoms with Crippen LogP contribution in [0.5, 0.6) is 0 Å². The van der Waals surface area contributed by atoms with E-state index in [2.05, 4.69) is 14.9 Å². The van der Waals surface area contributed by atoms with Crippen molar-refractivity contribution in [1.29, 1.82) is 0 Å². The Hall–Kier alpha value is -1.36. The fraction of sp³-hybridized carbons (Fsp3) is 0.600. The van der Waals surface area contributed by atoms with Crippen LogP contribution in [0.25, 0.3) is 0 Å². The first kappa shape index (κ1) is 8.91. The number of carboxylic acid groups (broad SMARTS) is 1. The molecular weight excluding hydrogens is 194 g/mol. The monoisotopic (exact) mass is 207 g/mol. The van der Waals surface area contributed by atoms with Crippen molar-refractivity contribution >= 4 is 5.97 Å². The van der Waals surface area contributed by atoms with E-state index in [0.29, 0.717) is 12.6 Å². The van der Waals surface area contributed by atoms with Gasteiger partial charge in [0.15, 0.2) is 0 Å². The van der Waals surface area contributed by atoms with Gasteiger partial charge in [-0.1, -0.05) is 0 Å². The van der Waals surface area contributed by atoms with Crippen molar-refractivity contribution in [2.24, 2.45) is 5.92 Å². The van der Waals surface area contributed by atoms with Gasteiger partial charge in [0.05, 0.1) is 23.6 Å². The topological polar surface area (TPSA) is 69.2 Å². The lowest BCUT2D eigenvalue weighted by atomic mass is 10.0. The number of rotatable bonds is 1. The second-order valence-electron chi connectivity index (χ2n) is 4.39. The van der Waals surface area contributed by atoms with Crippen LogP contribution in [-0.4, -0.2) is 38.5 Å². The van der Waals surface area contributed by atoms with Crippen molar-refractivity contribution in [3.05, 3.63) is 17.7 Å². The smallest absolute Gasteiger partial charge is 0.307 e. The third-order valence-electron chi connectivity index (χ3n) is 3.47. The largest absolute Gasteiger partial charge is 0.481 e. The Labute approximate surface area is 87.1 Å². The van der Waals surface area contributed by atoms with Gasteiger partial charge in [-0.05, 0) is 6.42 Å². The molecule has 2 aliphatic rings. The standard InChI is InChI=1S/C10H13N3O2/c14-10(15)6-1-7-2-8-9(12-5-11-8)4-13(7)3-6/h5-7H,1-4H2,(H,11,12)(H,14,15)/t6-,7+/m1/s1. The fourth-order valence-corrected chi connectivity index (χ4v) is 2.66. The normalized spacial score (nSPS) is 29.9. The molecule has 3 rings (SSSR count). The summed E-state index contributed by atoms with van der Waals surface area (Å²) in [4.78, 5) is 20.5. The van der Waals surface area contributed by atoms with E-state index in [0.717, 1.165) is 30.8 Å². The van der Waals surface area contributed by atoms with Crippen molar-refractivity contribution < 1.29 is 9.90 Å². The number of carbonyl (C=O) groups is 1. The highest BCUT2D eigenvalue weighted by Gasteiger charge is 2.39. The molecule has 1 aromatic heterocycles. The summed E-state index contributed by atoms with van der Waals surface area (Å²) in [7, 11) is 0. The molecule has 3 heterocycles. The molecule has 0 bridgehead atoms. The van der Waals surface area contributed by atoms with Crippen LogP contribution >= 0.6 is 0 Å². The molecule has 0 unspecified atom stereocenters. The molecule has 0 saturated carbocycles. The number of H-pyrrole nitrogens is 1. The van der Waals surface area contributed by atoms with Crippen molar-refractivity contribution in [2.45, 2.75) is 25.4 Å². The van der Waals surface area contributed by atoms with Crippen molar-refractivity contribution in [2.75, 3.05) is 6.54 Å². The zero-order chi connectivity index (χ0) is 10.4. The van der Waals surface area contributed by atoms with E-state index in [1.807, 2.05) is 0 Å². The summed E-state index contributed by atoms with van der Waals surface area (Å²) < 4.78 is 0. The van der Waals surface area contributed by atoms with Crippen molar-refractivity contribution in [1.82, 2.24) is 14.9 Å². The van der Waals surface area contributed by atoms with Crippen LogP contribution in [0.3, 0.4) is 0 Å². The molecule has 5 heteroatoms. The minimum absolute atomic E-state index is 0.195. The average molecular weight is 207 g/mol. The Balaban J connectivity index is 1.81. The van der Waals surface area contributed by atoms with Crippen molar-refractivity contribution in [3.8, 4) is 0 Å². The molecule has 1 saturated heterocycles. The average Bonchev–Trinajstić information content (AvgIpc) is 2.77. The Morgan fingerprint density at radius 3 is 3.33 bits per heavy atom. The maximum atomic E-state index is 10.9. The number of nitrogens with zero attached hydrogens (tertiary/aromatic N) is 2. The third-order valence-corrected chi connectivity index (χ3v) is 3.47. The molecule has 2 N–H and O–H groups in total. The molecule has 80 valence electrons. The minimum atomic E-state index is -0.666. The van der Waals surface area contributed by atoms with Crippen LogP contribution in [-0.2, 0) is 17.8 Å². The van der Waals surface area contributed by atoms with Gasteiger partial charge >= 0.3 is 5.97 Å². The SMILES string of the molecule is O=C(O)[C@@H]1C[C@H]2Cc3nc[nH]c3CN2C1. The van der Waals surface area contributed by atoms with E-state index in [1.54, 1.807) is 6.33 Å². The first-order valence-electron chi connectivity index (χ1n) is 5.22. The van der Waals surface area contributed by atoms with E-state index < -0.39 is 5.97 Å². The Morgan fingerprint density at radius 1 is 1.67 bits per heavy atom. The molecule has 1 aromatic rings. The fourth-order valence-electron chi connectivity index (χ4n) is 2.66. The number of nitrogens with one attached hydrogen (secondary N) is 1. The highest BCUT2D eigenvalue weighted by Crippen LogP contribution is 2.31. The number of aromatic amines is 1. The van der Waals surface area contributed by atoms with E-state index in [-0.39, 0.29) is 5.92 Å². The molecular formula is C10H13N3O2. The Morgan fingerprint density at radius 2 is 2.53 bits per heavy atom. The predicted molar refractivity (Wildman–Crippen MR) is 52.2 cm³/mol. The number of hydrogen-bond donors (Lipinski definition) is 2. The third kappa shape index (κ3) is 1.34. The molecule has 0 aliphatic carbocycles. The predicted octanol–water partition coefficient (Wildman–Crippen LogP) is 0.241. The number of imidazole rings is 1. The van der Waals surface area contributed by atoms with Crippen LogP contribution in [0.1, 0.15) is 17.8 Å². The lowest BCUT2D eigenvalue weighted by Gasteiger charge is -2.28. The maximum absolute atomic E-state index is 10.9. The molecule has 15 heavy (non-hydrogen) atoms. The van der Waals surface area contributed by atoms with Crippen LogP contribution in [0.4, 0.5) is 0 Å². The van der Waals surface area contributed by atoms with Crippen LogP contribution < -0.4 is 0 Å². The molecule has 2 atom stereocenters. The zero-order valence-corrected chi connectivity index (χ0v) is 8.31. The van der Waals surface area contributed by atoms with E-state index in [4.69, 9.17) is 5.11 Å².